The van der Waals surface area contributed by atoms with Crippen LogP contribution in [-0.2, 0) is 15.0 Å². The molecule has 0 saturated heterocycles. The first-order chi connectivity index (χ1) is 9.53. The SMILES string of the molecule is Nc1ccccc1N(CC(=O)O)S(=O)(=O)NCC(F)(F)F. The molecule has 0 unspecified atom stereocenters. The van der Waals surface area contributed by atoms with Gasteiger partial charge in [0.05, 0.1) is 11.4 Å². The van der Waals surface area contributed by atoms with E-state index < -0.39 is 35.4 Å². The van der Waals surface area contributed by atoms with Gasteiger partial charge in [0.25, 0.3) is 0 Å². The van der Waals surface area contributed by atoms with Gasteiger partial charge in [0, 0.05) is 0 Å². The highest BCUT2D eigenvalue weighted by atomic mass is 32.2. The Hall–Kier alpha value is -2.01. The van der Waals surface area contributed by atoms with Crippen LogP contribution in [0.15, 0.2) is 24.3 Å². The van der Waals surface area contributed by atoms with Gasteiger partial charge in [0.1, 0.15) is 13.1 Å². The lowest BCUT2D eigenvalue weighted by Crippen LogP contribution is -2.46. The summed E-state index contributed by atoms with van der Waals surface area (Å²) < 4.78 is 61.6. The van der Waals surface area contributed by atoms with Crippen LogP contribution in [0.5, 0.6) is 0 Å². The zero-order valence-corrected chi connectivity index (χ0v) is 11.3. The molecule has 11 heteroatoms. The summed E-state index contributed by atoms with van der Waals surface area (Å²) in [6.07, 6.45) is -4.77. The zero-order valence-electron chi connectivity index (χ0n) is 10.5. The van der Waals surface area contributed by atoms with Crippen molar-refractivity contribution in [3.8, 4) is 0 Å². The number of nitrogens with two attached hydrogens (primary N) is 1. The van der Waals surface area contributed by atoms with Crippen molar-refractivity contribution in [2.24, 2.45) is 0 Å². The summed E-state index contributed by atoms with van der Waals surface area (Å²) in [5.74, 6) is -1.55. The molecule has 0 heterocycles. The Balaban J connectivity index is 3.14. The van der Waals surface area contributed by atoms with Crippen LogP contribution in [0.1, 0.15) is 0 Å². The first-order valence-electron chi connectivity index (χ1n) is 5.43. The van der Waals surface area contributed by atoms with Gasteiger partial charge in [0.2, 0.25) is 0 Å². The van der Waals surface area contributed by atoms with E-state index in [4.69, 9.17) is 10.8 Å². The van der Waals surface area contributed by atoms with Gasteiger partial charge in [-0.3, -0.25) is 4.79 Å². The Morgan fingerprint density at radius 2 is 1.90 bits per heavy atom. The number of nitrogen functional groups attached to an aromatic ring is 1. The second-order valence-corrected chi connectivity index (χ2v) is 5.58. The van der Waals surface area contributed by atoms with Gasteiger partial charge < -0.3 is 10.8 Å². The highest BCUT2D eigenvalue weighted by Crippen LogP contribution is 2.25. The number of benzene rings is 1. The number of anilines is 2. The van der Waals surface area contributed by atoms with E-state index in [1.54, 1.807) is 0 Å². The van der Waals surface area contributed by atoms with Crippen LogP contribution >= 0.6 is 0 Å². The number of hydrogen-bond acceptors (Lipinski definition) is 4. The number of carboxylic acid groups (broad SMARTS) is 1. The fraction of sp³-hybridized carbons (Fsp3) is 0.300. The Kier molecular flexibility index (Phi) is 5.01. The second-order valence-electron chi connectivity index (χ2n) is 3.90. The van der Waals surface area contributed by atoms with Crippen molar-refractivity contribution in [1.82, 2.24) is 4.72 Å². The number of carbonyl (C=O) groups is 1. The van der Waals surface area contributed by atoms with Gasteiger partial charge in [-0.15, -0.1) is 0 Å². The Morgan fingerprint density at radius 3 is 2.38 bits per heavy atom. The molecule has 0 atom stereocenters. The second kappa shape index (κ2) is 6.18. The molecule has 1 rings (SSSR count). The fourth-order valence-electron chi connectivity index (χ4n) is 1.39. The summed E-state index contributed by atoms with van der Waals surface area (Å²) in [5, 5.41) is 8.73. The summed E-state index contributed by atoms with van der Waals surface area (Å²) in [4.78, 5) is 10.7. The van der Waals surface area contributed by atoms with Gasteiger partial charge in [-0.25, -0.2) is 4.31 Å². The van der Waals surface area contributed by atoms with E-state index in [9.17, 15) is 26.4 Å². The number of halogens is 3. The van der Waals surface area contributed by atoms with Crippen LogP contribution in [0.3, 0.4) is 0 Å². The van der Waals surface area contributed by atoms with Crippen molar-refractivity contribution in [2.45, 2.75) is 6.18 Å². The van der Waals surface area contributed by atoms with Crippen molar-refractivity contribution < 1.29 is 31.5 Å². The quantitative estimate of drug-likeness (QED) is 0.661. The van der Waals surface area contributed by atoms with E-state index in [1.807, 2.05) is 0 Å². The maximum atomic E-state index is 12.1. The molecule has 0 amide bonds. The van der Waals surface area contributed by atoms with E-state index in [-0.39, 0.29) is 15.7 Å². The van der Waals surface area contributed by atoms with Crippen molar-refractivity contribution >= 4 is 27.6 Å². The lowest BCUT2D eigenvalue weighted by atomic mass is 10.3. The first kappa shape index (κ1) is 17.0. The summed E-state index contributed by atoms with van der Waals surface area (Å²) in [7, 11) is -4.72. The summed E-state index contributed by atoms with van der Waals surface area (Å²) in [6.45, 7) is -2.89. The van der Waals surface area contributed by atoms with E-state index >= 15 is 0 Å². The summed E-state index contributed by atoms with van der Waals surface area (Å²) in [6, 6.07) is 5.32. The number of alkyl halides is 3. The van der Waals surface area contributed by atoms with Gasteiger partial charge in [-0.05, 0) is 12.1 Å². The topological polar surface area (TPSA) is 113 Å². The maximum absolute atomic E-state index is 12.1. The molecular formula is C10H12F3N3O4S. The van der Waals surface area contributed by atoms with Crippen LogP contribution < -0.4 is 14.8 Å². The highest BCUT2D eigenvalue weighted by Gasteiger charge is 2.33. The third-order valence-electron chi connectivity index (χ3n) is 2.23. The lowest BCUT2D eigenvalue weighted by molar-refractivity contribution is -0.135. The Morgan fingerprint density at radius 1 is 1.33 bits per heavy atom. The number of nitrogens with zero attached hydrogens (tertiary/aromatic N) is 1. The molecule has 0 aliphatic rings. The molecule has 1 aromatic carbocycles. The number of rotatable bonds is 6. The Labute approximate surface area is 118 Å². The monoisotopic (exact) mass is 327 g/mol. The standard InChI is InChI=1S/C10H12F3N3O4S/c11-10(12,13)6-15-21(19,20)16(5-9(17)18)8-4-2-1-3-7(8)14/h1-4,15H,5-6,14H2,(H,17,18). The van der Waals surface area contributed by atoms with Gasteiger partial charge in [-0.1, -0.05) is 12.1 Å². The van der Waals surface area contributed by atoms with E-state index in [0.717, 1.165) is 0 Å². The van der Waals surface area contributed by atoms with Crippen LogP contribution in [-0.4, -0.2) is 38.8 Å². The van der Waals surface area contributed by atoms with Crippen LogP contribution in [0.2, 0.25) is 0 Å². The van der Waals surface area contributed by atoms with Crippen LogP contribution in [0.25, 0.3) is 0 Å². The molecular weight excluding hydrogens is 315 g/mol. The normalized spacial score (nSPS) is 12.1. The minimum Gasteiger partial charge on any atom is -0.480 e. The molecule has 0 bridgehead atoms. The van der Waals surface area contributed by atoms with E-state index in [2.05, 4.69) is 0 Å². The van der Waals surface area contributed by atoms with Crippen molar-refractivity contribution in [2.75, 3.05) is 23.1 Å². The summed E-state index contributed by atoms with van der Waals surface area (Å²) in [5.41, 5.74) is 5.21. The molecule has 0 aliphatic carbocycles. The molecule has 0 aliphatic heterocycles. The number of hydrogen-bond donors (Lipinski definition) is 3. The minimum atomic E-state index is -4.77. The molecule has 0 spiro atoms. The van der Waals surface area contributed by atoms with Crippen LogP contribution in [0, 0.1) is 0 Å². The molecule has 7 nitrogen and oxygen atoms in total. The van der Waals surface area contributed by atoms with Crippen LogP contribution in [0.4, 0.5) is 24.5 Å². The lowest BCUT2D eigenvalue weighted by Gasteiger charge is -2.24. The maximum Gasteiger partial charge on any atom is 0.402 e. The molecule has 0 saturated carbocycles. The zero-order chi connectivity index (χ0) is 16.3. The largest absolute Gasteiger partial charge is 0.480 e. The number of carboxylic acids is 1. The highest BCUT2D eigenvalue weighted by molar-refractivity contribution is 7.90. The fourth-order valence-corrected chi connectivity index (χ4v) is 2.60. The third kappa shape index (κ3) is 5.11. The van der Waals surface area contributed by atoms with Gasteiger partial charge in [0.15, 0.2) is 0 Å². The predicted octanol–water partition coefficient (Wildman–Crippen LogP) is 0.556. The van der Waals surface area contributed by atoms with Gasteiger partial charge in [-0.2, -0.15) is 26.3 Å². The van der Waals surface area contributed by atoms with Gasteiger partial charge >= 0.3 is 22.4 Å². The number of aliphatic carboxylic acids is 1. The van der Waals surface area contributed by atoms with E-state index in [0.29, 0.717) is 0 Å². The van der Waals surface area contributed by atoms with Crippen molar-refractivity contribution in [3.63, 3.8) is 0 Å². The first-order valence-corrected chi connectivity index (χ1v) is 6.87. The average Bonchev–Trinajstić information content (AvgIpc) is 2.34. The molecule has 0 aromatic heterocycles. The number of nitrogens with one attached hydrogen (secondary N) is 1. The molecule has 0 fully saturated rings. The molecule has 0 radical (unpaired) electrons. The summed E-state index contributed by atoms with van der Waals surface area (Å²) >= 11 is 0. The Bertz CT molecular complexity index is 618. The number of para-hydroxylation sites is 2. The molecule has 21 heavy (non-hydrogen) atoms. The predicted molar refractivity (Wildman–Crippen MR) is 68.8 cm³/mol. The average molecular weight is 327 g/mol. The molecule has 4 N–H and O–H groups in total. The van der Waals surface area contributed by atoms with E-state index in [1.165, 1.54) is 29.0 Å². The third-order valence-corrected chi connectivity index (χ3v) is 3.64. The van der Waals surface area contributed by atoms with Crippen molar-refractivity contribution in [3.05, 3.63) is 24.3 Å². The minimum absolute atomic E-state index is 0.0869. The van der Waals surface area contributed by atoms with Crippen molar-refractivity contribution in [1.29, 1.82) is 0 Å². The smallest absolute Gasteiger partial charge is 0.402 e. The molecule has 1 aromatic rings. The molecule has 118 valence electrons.